The van der Waals surface area contributed by atoms with Gasteiger partial charge in [0.1, 0.15) is 15.4 Å². The molecule has 2 aromatic heterocycles. The highest BCUT2D eigenvalue weighted by Crippen LogP contribution is 2.40. The molecule has 0 spiro atoms. The average molecular weight is 483 g/mol. The molecule has 0 fully saturated rings. The molecule has 0 bridgehead atoms. The number of nitro benzene ring substituents is 1. The molecule has 2 N–H and O–H groups in total. The molecular weight excluding hydrogens is 471 g/mol. The third-order valence-corrected chi connectivity index (χ3v) is 6.98. The van der Waals surface area contributed by atoms with Gasteiger partial charge in [0.05, 0.1) is 31.7 Å². The van der Waals surface area contributed by atoms with Crippen LogP contribution in [0, 0.1) is 10.1 Å². The molecule has 0 saturated carbocycles. The van der Waals surface area contributed by atoms with Gasteiger partial charge in [-0.15, -0.1) is 11.3 Å². The maximum atomic E-state index is 13.0. The smallest absolute Gasteiger partial charge is 0.287 e. The van der Waals surface area contributed by atoms with Gasteiger partial charge in [-0.05, 0) is 30.3 Å². The lowest BCUT2D eigenvalue weighted by molar-refractivity contribution is -0.382. The van der Waals surface area contributed by atoms with Gasteiger partial charge in [0.2, 0.25) is 0 Å². The Hall–Kier alpha value is -3.46. The molecule has 5 aromatic rings. The van der Waals surface area contributed by atoms with Gasteiger partial charge in [-0.25, -0.2) is 4.98 Å². The van der Waals surface area contributed by atoms with Crippen LogP contribution in [0.2, 0.25) is 10.0 Å². The Morgan fingerprint density at radius 3 is 2.69 bits per heavy atom. The Morgan fingerprint density at radius 2 is 1.91 bits per heavy atom. The van der Waals surface area contributed by atoms with E-state index in [1.807, 2.05) is 24.3 Å². The summed E-state index contributed by atoms with van der Waals surface area (Å²) in [6.07, 6.45) is 0. The molecule has 0 atom stereocenters. The quantitative estimate of drug-likeness (QED) is 0.214. The van der Waals surface area contributed by atoms with Crippen molar-refractivity contribution in [1.29, 1.82) is 0 Å². The van der Waals surface area contributed by atoms with Crippen LogP contribution in [0.4, 0.5) is 11.4 Å². The molecule has 2 heterocycles. The van der Waals surface area contributed by atoms with Crippen LogP contribution in [0.25, 0.3) is 32.5 Å². The van der Waals surface area contributed by atoms with Crippen LogP contribution in [0.15, 0.2) is 60.7 Å². The first-order valence-electron chi connectivity index (χ1n) is 9.34. The summed E-state index contributed by atoms with van der Waals surface area (Å²) in [5, 5.41) is 15.0. The minimum absolute atomic E-state index is 0.0987. The number of carbonyl (C=O) groups excluding carboxylic acids is 1. The van der Waals surface area contributed by atoms with Crippen molar-refractivity contribution in [1.82, 2.24) is 9.97 Å². The SMILES string of the molecule is O=C(Nc1cc(-c2nc3ccccc3[nH]2)ccc1Cl)c1sc2c([N+](=O)[O-])cccc2c1Cl. The van der Waals surface area contributed by atoms with E-state index >= 15 is 0 Å². The van der Waals surface area contributed by atoms with Crippen LogP contribution in [0.5, 0.6) is 0 Å². The second kappa shape index (κ2) is 7.90. The number of hydrogen-bond donors (Lipinski definition) is 2. The molecular formula is C22H12Cl2N4O3S. The number of benzene rings is 3. The highest BCUT2D eigenvalue weighted by Gasteiger charge is 2.23. The van der Waals surface area contributed by atoms with E-state index in [0.29, 0.717) is 26.6 Å². The highest BCUT2D eigenvalue weighted by molar-refractivity contribution is 7.22. The van der Waals surface area contributed by atoms with Crippen LogP contribution in [0.3, 0.4) is 0 Å². The van der Waals surface area contributed by atoms with E-state index in [0.717, 1.165) is 27.9 Å². The van der Waals surface area contributed by atoms with Crippen LogP contribution < -0.4 is 5.32 Å². The Kier molecular flexibility index (Phi) is 5.05. The third-order valence-electron chi connectivity index (χ3n) is 4.91. The van der Waals surface area contributed by atoms with Crippen molar-refractivity contribution in [3.05, 3.63) is 85.7 Å². The lowest BCUT2D eigenvalue weighted by atomic mass is 10.2. The van der Waals surface area contributed by atoms with Crippen LogP contribution in [-0.2, 0) is 0 Å². The average Bonchev–Trinajstić information content (AvgIpc) is 3.36. The number of nitrogens with zero attached hydrogens (tertiary/aromatic N) is 2. The Morgan fingerprint density at radius 1 is 1.09 bits per heavy atom. The number of fused-ring (bicyclic) bond motifs is 2. The molecule has 1 amide bonds. The van der Waals surface area contributed by atoms with Crippen molar-refractivity contribution in [2.75, 3.05) is 5.32 Å². The maximum absolute atomic E-state index is 13.0. The molecule has 32 heavy (non-hydrogen) atoms. The summed E-state index contributed by atoms with van der Waals surface area (Å²) in [7, 11) is 0. The number of aromatic nitrogens is 2. The zero-order valence-corrected chi connectivity index (χ0v) is 18.4. The molecule has 0 unspecified atom stereocenters. The van der Waals surface area contributed by atoms with Gasteiger partial charge in [-0.1, -0.05) is 47.5 Å². The number of hydrogen-bond acceptors (Lipinski definition) is 5. The highest BCUT2D eigenvalue weighted by atomic mass is 35.5. The number of non-ortho nitro benzene ring substituents is 1. The second-order valence-corrected chi connectivity index (χ2v) is 8.71. The number of halogens is 2. The lowest BCUT2D eigenvalue weighted by Gasteiger charge is -2.08. The van der Waals surface area contributed by atoms with E-state index in [9.17, 15) is 14.9 Å². The fourth-order valence-corrected chi connectivity index (χ4v) is 5.06. The predicted octanol–water partition coefficient (Wildman–Crippen LogP) is 6.91. The monoisotopic (exact) mass is 482 g/mol. The number of aromatic amines is 1. The molecule has 0 aliphatic carbocycles. The van der Waals surface area contributed by atoms with Gasteiger partial charge < -0.3 is 10.3 Å². The minimum Gasteiger partial charge on any atom is -0.338 e. The Bertz CT molecular complexity index is 1510. The Balaban J connectivity index is 1.51. The molecule has 0 aliphatic rings. The summed E-state index contributed by atoms with van der Waals surface area (Å²) in [5.41, 5.74) is 2.72. The van der Waals surface area contributed by atoms with Gasteiger partial charge >= 0.3 is 0 Å². The summed E-state index contributed by atoms with van der Waals surface area (Å²) in [6, 6.07) is 17.4. The first-order valence-corrected chi connectivity index (χ1v) is 10.9. The molecule has 0 radical (unpaired) electrons. The van der Waals surface area contributed by atoms with Crippen LogP contribution >= 0.6 is 34.5 Å². The van der Waals surface area contributed by atoms with Crippen LogP contribution in [-0.4, -0.2) is 20.8 Å². The number of para-hydroxylation sites is 2. The molecule has 7 nitrogen and oxygen atoms in total. The van der Waals surface area contributed by atoms with E-state index in [2.05, 4.69) is 15.3 Å². The van der Waals surface area contributed by atoms with Gasteiger partial charge in [-0.3, -0.25) is 14.9 Å². The van der Waals surface area contributed by atoms with Crippen molar-refractivity contribution in [2.45, 2.75) is 0 Å². The number of nitrogens with one attached hydrogen (secondary N) is 2. The fraction of sp³-hybridized carbons (Fsp3) is 0. The van der Waals surface area contributed by atoms with Gasteiger partial charge in [0, 0.05) is 17.0 Å². The summed E-state index contributed by atoms with van der Waals surface area (Å²) in [4.78, 5) is 31.8. The number of anilines is 1. The first-order chi connectivity index (χ1) is 15.4. The standard InChI is InChI=1S/C22H12Cl2N4O3S/c23-13-9-8-11(21-25-14-5-1-2-6-15(14)26-21)10-16(13)27-22(29)20-18(24)12-4-3-7-17(28(30)31)19(12)32-20/h1-10H,(H,25,26)(H,27,29). The van der Waals surface area contributed by atoms with E-state index in [1.165, 1.54) is 12.1 Å². The zero-order chi connectivity index (χ0) is 22.4. The van der Waals surface area contributed by atoms with Crippen LogP contribution in [0.1, 0.15) is 9.67 Å². The number of amides is 1. The topological polar surface area (TPSA) is 101 Å². The van der Waals surface area contributed by atoms with Crippen molar-refractivity contribution in [3.63, 3.8) is 0 Å². The molecule has 10 heteroatoms. The molecule has 158 valence electrons. The van der Waals surface area contributed by atoms with Gasteiger partial charge in [-0.2, -0.15) is 0 Å². The van der Waals surface area contributed by atoms with Crippen molar-refractivity contribution >= 4 is 72.9 Å². The first kappa shape index (κ1) is 20.4. The number of thiophene rings is 1. The van der Waals surface area contributed by atoms with Gasteiger partial charge in [0.15, 0.2) is 0 Å². The van der Waals surface area contributed by atoms with E-state index in [4.69, 9.17) is 23.2 Å². The zero-order valence-electron chi connectivity index (χ0n) is 16.1. The number of rotatable bonds is 4. The van der Waals surface area contributed by atoms with Crippen molar-refractivity contribution in [3.8, 4) is 11.4 Å². The van der Waals surface area contributed by atoms with E-state index in [1.54, 1.807) is 24.3 Å². The molecule has 0 saturated heterocycles. The fourth-order valence-electron chi connectivity index (χ4n) is 3.40. The molecule has 5 rings (SSSR count). The Labute approximate surface area is 194 Å². The number of carbonyl (C=O) groups is 1. The minimum atomic E-state index is -0.505. The summed E-state index contributed by atoms with van der Waals surface area (Å²) in [6.45, 7) is 0. The molecule has 0 aliphatic heterocycles. The van der Waals surface area contributed by atoms with Crippen molar-refractivity contribution < 1.29 is 9.72 Å². The van der Waals surface area contributed by atoms with E-state index < -0.39 is 10.8 Å². The summed E-state index contributed by atoms with van der Waals surface area (Å²) >= 11 is 13.7. The maximum Gasteiger partial charge on any atom is 0.287 e. The summed E-state index contributed by atoms with van der Waals surface area (Å²) in [5.74, 6) is 0.128. The number of nitro groups is 1. The second-order valence-electron chi connectivity index (χ2n) is 6.91. The summed E-state index contributed by atoms with van der Waals surface area (Å²) < 4.78 is 0.342. The number of H-pyrrole nitrogens is 1. The lowest BCUT2D eigenvalue weighted by Crippen LogP contribution is -2.11. The van der Waals surface area contributed by atoms with Gasteiger partial charge in [0.25, 0.3) is 11.6 Å². The largest absolute Gasteiger partial charge is 0.338 e. The predicted molar refractivity (Wildman–Crippen MR) is 128 cm³/mol. The number of imidazole rings is 1. The molecule has 3 aromatic carbocycles. The third kappa shape index (κ3) is 3.48. The van der Waals surface area contributed by atoms with E-state index in [-0.39, 0.29) is 15.6 Å². The van der Waals surface area contributed by atoms with Crippen molar-refractivity contribution in [2.24, 2.45) is 0 Å². The normalized spacial score (nSPS) is 11.2.